The van der Waals surface area contributed by atoms with Gasteiger partial charge in [0.2, 0.25) is 0 Å². The fourth-order valence-electron chi connectivity index (χ4n) is 3.50. The molecule has 24 heavy (non-hydrogen) atoms. The standard InChI is InChI=1S/C23H35N/c1-2-6-10-16-22(17-11-7-3-1)18-14-15-21-24-23-19-12-8-4-5-9-13-20-23/h1-3,6-7,10-11,16-17,23-24H,4-5,8-9,12-15,18-21H2. The summed E-state index contributed by atoms with van der Waals surface area (Å²) in [5.74, 6) is 0. The Bertz CT molecular complexity index is 446. The first-order valence-electron chi connectivity index (χ1n) is 10.1. The van der Waals surface area contributed by atoms with Crippen molar-refractivity contribution in [3.8, 4) is 0 Å². The second-order valence-electron chi connectivity index (χ2n) is 7.06. The molecule has 1 heteroatoms. The van der Waals surface area contributed by atoms with Crippen LogP contribution in [0.3, 0.4) is 0 Å². The van der Waals surface area contributed by atoms with Crippen molar-refractivity contribution in [2.45, 2.75) is 76.7 Å². The van der Waals surface area contributed by atoms with Crippen molar-refractivity contribution in [3.63, 3.8) is 0 Å². The summed E-state index contributed by atoms with van der Waals surface area (Å²) in [6, 6.07) is 20.0. The Morgan fingerprint density at radius 3 is 1.83 bits per heavy atom. The highest BCUT2D eigenvalue weighted by Gasteiger charge is 2.09. The lowest BCUT2D eigenvalue weighted by Gasteiger charge is -2.17. The van der Waals surface area contributed by atoms with Gasteiger partial charge in [0.05, 0.1) is 0 Å². The van der Waals surface area contributed by atoms with Crippen LogP contribution in [0.4, 0.5) is 0 Å². The molecule has 0 saturated heterocycles. The molecular formula is C23H35N. The van der Waals surface area contributed by atoms with Gasteiger partial charge in [-0.1, -0.05) is 93.1 Å². The monoisotopic (exact) mass is 325 g/mol. The lowest BCUT2D eigenvalue weighted by Crippen LogP contribution is -2.29. The Morgan fingerprint density at radius 2 is 1.21 bits per heavy atom. The Morgan fingerprint density at radius 1 is 0.667 bits per heavy atom. The summed E-state index contributed by atoms with van der Waals surface area (Å²) >= 11 is 0. The molecule has 0 spiro atoms. The van der Waals surface area contributed by atoms with Crippen molar-refractivity contribution in [1.29, 1.82) is 0 Å². The van der Waals surface area contributed by atoms with Crippen LogP contribution in [0, 0.1) is 0 Å². The molecule has 0 aromatic heterocycles. The number of hydrogen-bond acceptors (Lipinski definition) is 1. The smallest absolute Gasteiger partial charge is 0.00670 e. The highest BCUT2D eigenvalue weighted by atomic mass is 14.9. The largest absolute Gasteiger partial charge is 0.314 e. The van der Waals surface area contributed by atoms with Gasteiger partial charge >= 0.3 is 0 Å². The molecule has 0 atom stereocenters. The number of rotatable bonds is 6. The van der Waals surface area contributed by atoms with Gasteiger partial charge in [-0.25, -0.2) is 0 Å². The molecule has 0 amide bonds. The van der Waals surface area contributed by atoms with E-state index in [1.165, 1.54) is 82.7 Å². The zero-order valence-corrected chi connectivity index (χ0v) is 15.3. The van der Waals surface area contributed by atoms with E-state index in [0.717, 1.165) is 6.04 Å². The van der Waals surface area contributed by atoms with Gasteiger partial charge in [0.15, 0.2) is 0 Å². The summed E-state index contributed by atoms with van der Waals surface area (Å²) in [6.45, 7) is 1.18. The van der Waals surface area contributed by atoms with Crippen LogP contribution in [-0.4, -0.2) is 12.6 Å². The summed E-state index contributed by atoms with van der Waals surface area (Å²) < 4.78 is 0. The zero-order valence-electron chi connectivity index (χ0n) is 15.3. The first-order chi connectivity index (χ1) is 11.9. The van der Waals surface area contributed by atoms with Crippen LogP contribution in [0.2, 0.25) is 0 Å². The maximum Gasteiger partial charge on any atom is 0.00670 e. The summed E-state index contributed by atoms with van der Waals surface area (Å²) in [7, 11) is 0. The second-order valence-corrected chi connectivity index (χ2v) is 7.06. The van der Waals surface area contributed by atoms with Gasteiger partial charge in [-0.15, -0.1) is 0 Å². The quantitative estimate of drug-likeness (QED) is 0.612. The first kappa shape index (κ1) is 19.0. The molecule has 1 aromatic rings. The van der Waals surface area contributed by atoms with E-state index in [2.05, 4.69) is 59.9 Å². The van der Waals surface area contributed by atoms with Crippen LogP contribution in [0.15, 0.2) is 54.6 Å². The lowest BCUT2D eigenvalue weighted by atomic mass is 10.0. The van der Waals surface area contributed by atoms with Crippen LogP contribution < -0.4 is 5.32 Å². The molecule has 1 aromatic carbocycles. The molecule has 1 aliphatic carbocycles. The minimum atomic E-state index is 0.774. The normalized spacial score (nSPS) is 16.5. The van der Waals surface area contributed by atoms with E-state index in [4.69, 9.17) is 0 Å². The van der Waals surface area contributed by atoms with Gasteiger partial charge in [-0.3, -0.25) is 0 Å². The van der Waals surface area contributed by atoms with Gasteiger partial charge in [0, 0.05) is 6.04 Å². The average molecular weight is 326 g/mol. The van der Waals surface area contributed by atoms with Gasteiger partial charge < -0.3 is 5.32 Å². The summed E-state index contributed by atoms with van der Waals surface area (Å²) in [4.78, 5) is 0. The molecule has 0 heterocycles. The number of aryl methyl sites for hydroxylation is 1. The third-order valence-electron chi connectivity index (χ3n) is 4.97. The zero-order chi connectivity index (χ0) is 16.7. The van der Waals surface area contributed by atoms with Gasteiger partial charge in [-0.05, 0) is 44.2 Å². The Balaban J connectivity index is 1.67. The number of hydrogen-bond donors (Lipinski definition) is 1. The van der Waals surface area contributed by atoms with Crippen LogP contribution >= 0.6 is 0 Å². The molecular weight excluding hydrogens is 290 g/mol. The van der Waals surface area contributed by atoms with E-state index >= 15 is 0 Å². The van der Waals surface area contributed by atoms with Crippen LogP contribution in [0.1, 0.15) is 69.8 Å². The maximum atomic E-state index is 3.82. The molecule has 0 unspecified atom stereocenters. The molecule has 0 bridgehead atoms. The van der Waals surface area contributed by atoms with Crippen molar-refractivity contribution in [2.75, 3.05) is 6.54 Å². The summed E-state index contributed by atoms with van der Waals surface area (Å²) in [5, 5.41) is 3.82. The molecule has 1 aliphatic rings. The Kier molecular flexibility index (Phi) is 10.3. The van der Waals surface area contributed by atoms with Crippen molar-refractivity contribution < 1.29 is 0 Å². The predicted molar refractivity (Wildman–Crippen MR) is 106 cm³/mol. The van der Waals surface area contributed by atoms with Crippen LogP contribution in [0.5, 0.6) is 0 Å². The molecule has 1 fully saturated rings. The van der Waals surface area contributed by atoms with E-state index in [9.17, 15) is 0 Å². The fraction of sp³-hybridized carbons (Fsp3) is 0.565. The fourth-order valence-corrected chi connectivity index (χ4v) is 3.50. The third kappa shape index (κ3) is 9.08. The first-order valence-corrected chi connectivity index (χ1v) is 10.1. The maximum absolute atomic E-state index is 3.82. The van der Waals surface area contributed by atoms with Gasteiger partial charge in [0.25, 0.3) is 0 Å². The van der Waals surface area contributed by atoms with E-state index in [-0.39, 0.29) is 0 Å². The minimum Gasteiger partial charge on any atom is -0.314 e. The van der Waals surface area contributed by atoms with Crippen molar-refractivity contribution in [2.24, 2.45) is 0 Å². The predicted octanol–water partition coefficient (Wildman–Crippen LogP) is 6.23. The molecule has 1 saturated carbocycles. The van der Waals surface area contributed by atoms with E-state index in [1.54, 1.807) is 0 Å². The number of nitrogens with one attached hydrogen (secondary N) is 1. The topological polar surface area (TPSA) is 12.0 Å². The number of unbranched alkanes of at least 4 members (excludes halogenated alkanes) is 1. The van der Waals surface area contributed by atoms with E-state index in [0.29, 0.717) is 0 Å². The van der Waals surface area contributed by atoms with Crippen molar-refractivity contribution >= 4 is 0 Å². The van der Waals surface area contributed by atoms with Crippen molar-refractivity contribution in [3.05, 3.63) is 60.2 Å². The third-order valence-corrected chi connectivity index (χ3v) is 4.97. The second kappa shape index (κ2) is 13.0. The molecule has 1 N–H and O–H groups in total. The van der Waals surface area contributed by atoms with E-state index < -0.39 is 0 Å². The van der Waals surface area contributed by atoms with Crippen LogP contribution in [-0.2, 0) is 6.42 Å². The SMILES string of the molecule is c1ccccc(CCCCNC2CCCCCCCC2)cccc1. The highest BCUT2D eigenvalue weighted by molar-refractivity contribution is 5.12. The van der Waals surface area contributed by atoms with Crippen molar-refractivity contribution in [1.82, 2.24) is 5.32 Å². The minimum absolute atomic E-state index is 0.774. The summed E-state index contributed by atoms with van der Waals surface area (Å²) in [5.41, 5.74) is 1.42. The van der Waals surface area contributed by atoms with Gasteiger partial charge in [0.1, 0.15) is 0 Å². The van der Waals surface area contributed by atoms with Crippen LogP contribution in [0.25, 0.3) is 0 Å². The van der Waals surface area contributed by atoms with Gasteiger partial charge in [-0.2, -0.15) is 0 Å². The molecule has 0 radical (unpaired) electrons. The molecule has 0 aliphatic heterocycles. The Labute approximate surface area is 149 Å². The lowest BCUT2D eigenvalue weighted by molar-refractivity contribution is 0.428. The molecule has 2 rings (SSSR count). The van der Waals surface area contributed by atoms with E-state index in [1.807, 2.05) is 0 Å². The highest BCUT2D eigenvalue weighted by Crippen LogP contribution is 2.17. The Hall–Kier alpha value is -1.34. The average Bonchev–Trinajstić information content (AvgIpc) is 2.74. The molecule has 1 nitrogen and oxygen atoms in total. The molecule has 132 valence electrons. The summed E-state index contributed by atoms with van der Waals surface area (Å²) in [6.07, 6.45) is 15.1.